The average Bonchev–Trinajstić information content (AvgIpc) is 2.91. The summed E-state index contributed by atoms with van der Waals surface area (Å²) >= 11 is 0. The number of amides is 1. The molecule has 0 aromatic heterocycles. The van der Waals surface area contributed by atoms with E-state index in [1.807, 2.05) is 19.1 Å². The quantitative estimate of drug-likeness (QED) is 0.513. The van der Waals surface area contributed by atoms with Crippen molar-refractivity contribution in [2.75, 3.05) is 18.8 Å². The summed E-state index contributed by atoms with van der Waals surface area (Å²) < 4.78 is 0. The molecule has 1 aromatic rings. The molecular formula is C10H12N2O. The Balaban J connectivity index is 2.38. The molecule has 1 aromatic carbocycles. The lowest BCUT2D eigenvalue weighted by Crippen LogP contribution is -2.13. The lowest BCUT2D eigenvalue weighted by atomic mass is 10.1. The zero-order valence-electron chi connectivity index (χ0n) is 7.58. The maximum atomic E-state index is 11.6. The van der Waals surface area contributed by atoms with Gasteiger partial charge >= 0.3 is 0 Å². The van der Waals surface area contributed by atoms with Crippen molar-refractivity contribution < 1.29 is 4.79 Å². The number of carbonyl (C=O) groups is 1. The number of carbonyl (C=O) groups excluding carboxylic acids is 1. The Morgan fingerprint density at radius 2 is 2.15 bits per heavy atom. The Morgan fingerprint density at radius 1 is 1.46 bits per heavy atom. The van der Waals surface area contributed by atoms with Crippen molar-refractivity contribution in [3.05, 3.63) is 29.3 Å². The summed E-state index contributed by atoms with van der Waals surface area (Å²) in [5.41, 5.74) is 8.01. The highest BCUT2D eigenvalue weighted by molar-refractivity contribution is 6.00. The maximum absolute atomic E-state index is 11.6. The average molecular weight is 176 g/mol. The molecule has 1 heterocycles. The van der Waals surface area contributed by atoms with Crippen LogP contribution in [0.3, 0.4) is 0 Å². The van der Waals surface area contributed by atoms with E-state index in [1.54, 1.807) is 11.0 Å². The molecule has 0 radical (unpaired) electrons. The van der Waals surface area contributed by atoms with Crippen molar-refractivity contribution in [2.24, 2.45) is 0 Å². The van der Waals surface area contributed by atoms with E-state index >= 15 is 0 Å². The van der Waals surface area contributed by atoms with E-state index in [1.165, 1.54) is 0 Å². The molecule has 0 unspecified atom stereocenters. The Kier molecular flexibility index (Phi) is 1.72. The first-order valence-electron chi connectivity index (χ1n) is 4.34. The van der Waals surface area contributed by atoms with E-state index in [0.717, 1.165) is 18.7 Å². The molecule has 0 atom stereocenters. The van der Waals surface area contributed by atoms with Crippen LogP contribution >= 0.6 is 0 Å². The van der Waals surface area contributed by atoms with Crippen LogP contribution in [0, 0.1) is 6.92 Å². The van der Waals surface area contributed by atoms with Crippen LogP contribution < -0.4 is 5.73 Å². The van der Waals surface area contributed by atoms with E-state index in [-0.39, 0.29) is 5.91 Å². The van der Waals surface area contributed by atoms with Crippen molar-refractivity contribution >= 4 is 11.6 Å². The van der Waals surface area contributed by atoms with Crippen LogP contribution in [0.1, 0.15) is 15.9 Å². The minimum Gasteiger partial charge on any atom is -0.398 e. The lowest BCUT2D eigenvalue weighted by Gasteiger charge is -2.07. The molecule has 0 bridgehead atoms. The molecule has 2 N–H and O–H groups in total. The zero-order valence-corrected chi connectivity index (χ0v) is 7.58. The van der Waals surface area contributed by atoms with Crippen LogP contribution in [-0.2, 0) is 0 Å². The summed E-state index contributed by atoms with van der Waals surface area (Å²) in [5, 5.41) is 0. The van der Waals surface area contributed by atoms with Crippen molar-refractivity contribution in [3.8, 4) is 0 Å². The number of rotatable bonds is 1. The predicted octanol–water partition coefficient (Wildman–Crippen LogP) is 1.03. The number of hydrogen-bond donors (Lipinski definition) is 1. The molecule has 0 spiro atoms. The molecule has 2 rings (SSSR count). The van der Waals surface area contributed by atoms with Crippen molar-refractivity contribution in [3.63, 3.8) is 0 Å². The second kappa shape index (κ2) is 2.76. The number of benzene rings is 1. The van der Waals surface area contributed by atoms with Gasteiger partial charge in [0.05, 0.1) is 5.56 Å². The third-order valence-electron chi connectivity index (χ3n) is 2.29. The molecule has 1 aliphatic rings. The van der Waals surface area contributed by atoms with Crippen molar-refractivity contribution in [1.29, 1.82) is 0 Å². The number of anilines is 1. The molecule has 0 saturated carbocycles. The second-order valence-corrected chi connectivity index (χ2v) is 3.33. The van der Waals surface area contributed by atoms with Gasteiger partial charge in [-0.05, 0) is 18.6 Å². The molecule has 1 amide bonds. The first-order valence-corrected chi connectivity index (χ1v) is 4.34. The van der Waals surface area contributed by atoms with Crippen LogP contribution in [0.25, 0.3) is 0 Å². The lowest BCUT2D eigenvalue weighted by molar-refractivity contribution is 0.0886. The number of para-hydroxylation sites is 1. The number of hydrogen-bond acceptors (Lipinski definition) is 2. The topological polar surface area (TPSA) is 46.1 Å². The van der Waals surface area contributed by atoms with Crippen LogP contribution in [0.2, 0.25) is 0 Å². The van der Waals surface area contributed by atoms with Gasteiger partial charge in [-0.3, -0.25) is 4.79 Å². The Hall–Kier alpha value is -1.51. The van der Waals surface area contributed by atoms with Gasteiger partial charge in [0.2, 0.25) is 0 Å². The third-order valence-corrected chi connectivity index (χ3v) is 2.29. The number of nitrogens with zero attached hydrogens (tertiary/aromatic N) is 1. The zero-order chi connectivity index (χ0) is 9.42. The van der Waals surface area contributed by atoms with Crippen molar-refractivity contribution in [2.45, 2.75) is 6.92 Å². The van der Waals surface area contributed by atoms with Gasteiger partial charge in [0, 0.05) is 18.8 Å². The summed E-state index contributed by atoms with van der Waals surface area (Å²) in [6.45, 7) is 3.65. The first kappa shape index (κ1) is 8.10. The largest absolute Gasteiger partial charge is 0.398 e. The van der Waals surface area contributed by atoms with E-state index in [2.05, 4.69) is 0 Å². The van der Waals surface area contributed by atoms with Crippen LogP contribution in [0.4, 0.5) is 5.69 Å². The summed E-state index contributed by atoms with van der Waals surface area (Å²) in [4.78, 5) is 13.4. The van der Waals surface area contributed by atoms with Gasteiger partial charge in [-0.2, -0.15) is 0 Å². The summed E-state index contributed by atoms with van der Waals surface area (Å²) in [6, 6.07) is 5.56. The van der Waals surface area contributed by atoms with E-state index in [4.69, 9.17) is 5.73 Å². The first-order chi connectivity index (χ1) is 6.20. The van der Waals surface area contributed by atoms with Gasteiger partial charge in [-0.25, -0.2) is 0 Å². The molecule has 1 aliphatic heterocycles. The van der Waals surface area contributed by atoms with Crippen LogP contribution in [-0.4, -0.2) is 23.9 Å². The number of aryl methyl sites for hydroxylation is 1. The maximum Gasteiger partial charge on any atom is 0.256 e. The molecule has 13 heavy (non-hydrogen) atoms. The molecule has 3 heteroatoms. The highest BCUT2D eigenvalue weighted by atomic mass is 16.2. The van der Waals surface area contributed by atoms with Gasteiger partial charge < -0.3 is 10.6 Å². The fourth-order valence-electron chi connectivity index (χ4n) is 1.29. The highest BCUT2D eigenvalue weighted by Gasteiger charge is 2.26. The monoisotopic (exact) mass is 176 g/mol. The minimum atomic E-state index is 0.0567. The summed E-state index contributed by atoms with van der Waals surface area (Å²) in [6.07, 6.45) is 0. The standard InChI is InChI=1S/C10H12N2O/c1-7-3-2-4-8(9(7)11)10(13)12-5-6-12/h2-4H,5-6,11H2,1H3. The van der Waals surface area contributed by atoms with Gasteiger partial charge in [-0.15, -0.1) is 0 Å². The van der Waals surface area contributed by atoms with Crippen LogP contribution in [0.15, 0.2) is 18.2 Å². The van der Waals surface area contributed by atoms with Gasteiger partial charge in [-0.1, -0.05) is 12.1 Å². The molecule has 3 nitrogen and oxygen atoms in total. The van der Waals surface area contributed by atoms with Crippen molar-refractivity contribution in [1.82, 2.24) is 4.90 Å². The van der Waals surface area contributed by atoms with E-state index in [9.17, 15) is 4.79 Å². The van der Waals surface area contributed by atoms with Gasteiger partial charge in [0.1, 0.15) is 0 Å². The fourth-order valence-corrected chi connectivity index (χ4v) is 1.29. The third kappa shape index (κ3) is 1.37. The highest BCUT2D eigenvalue weighted by Crippen LogP contribution is 2.20. The molecule has 68 valence electrons. The SMILES string of the molecule is Cc1cccc(C(=O)N2CC2)c1N. The Morgan fingerprint density at radius 3 is 2.77 bits per heavy atom. The van der Waals surface area contributed by atoms with E-state index in [0.29, 0.717) is 11.3 Å². The normalized spacial score (nSPS) is 14.4. The fraction of sp³-hybridized carbons (Fsp3) is 0.300. The van der Waals surface area contributed by atoms with Crippen LogP contribution in [0.5, 0.6) is 0 Å². The smallest absolute Gasteiger partial charge is 0.256 e. The summed E-state index contributed by atoms with van der Waals surface area (Å²) in [7, 11) is 0. The molecule has 0 aliphatic carbocycles. The minimum absolute atomic E-state index is 0.0567. The Labute approximate surface area is 77.1 Å². The molecule has 1 saturated heterocycles. The van der Waals surface area contributed by atoms with Gasteiger partial charge in [0.15, 0.2) is 0 Å². The predicted molar refractivity (Wildman–Crippen MR) is 51.5 cm³/mol. The number of nitrogens with two attached hydrogens (primary N) is 1. The molecule has 1 fully saturated rings. The van der Waals surface area contributed by atoms with E-state index < -0.39 is 0 Å². The summed E-state index contributed by atoms with van der Waals surface area (Å²) in [5.74, 6) is 0.0567. The number of nitrogen functional groups attached to an aromatic ring is 1. The Bertz CT molecular complexity index is 356. The second-order valence-electron chi connectivity index (χ2n) is 3.33. The molecular weight excluding hydrogens is 164 g/mol. The van der Waals surface area contributed by atoms with Gasteiger partial charge in [0.25, 0.3) is 5.91 Å².